The Labute approximate surface area is 132 Å². The van der Waals surface area contributed by atoms with E-state index in [2.05, 4.69) is 27.0 Å². The number of hydrogen-bond acceptors (Lipinski definition) is 3. The summed E-state index contributed by atoms with van der Waals surface area (Å²) in [5, 5.41) is 9.32. The molecule has 2 aromatic carbocycles. The van der Waals surface area contributed by atoms with Crippen LogP contribution in [0, 0.1) is 17.1 Å². The van der Waals surface area contributed by atoms with Gasteiger partial charge in [-0.05, 0) is 40.2 Å². The van der Waals surface area contributed by atoms with Crippen LogP contribution in [0.5, 0.6) is 0 Å². The molecule has 0 aliphatic heterocycles. The Morgan fingerprint density at radius 2 is 2.14 bits per heavy atom. The zero-order chi connectivity index (χ0) is 15.1. The van der Waals surface area contributed by atoms with Gasteiger partial charge < -0.3 is 5.73 Å². The summed E-state index contributed by atoms with van der Waals surface area (Å²) < 4.78 is 15.4. The van der Waals surface area contributed by atoms with Crippen LogP contribution in [0.4, 0.5) is 10.3 Å². The molecule has 0 aliphatic rings. The van der Waals surface area contributed by atoms with Gasteiger partial charge in [0.15, 0.2) is 0 Å². The van der Waals surface area contributed by atoms with Gasteiger partial charge in [0.2, 0.25) is 5.95 Å². The van der Waals surface area contributed by atoms with E-state index in [0.717, 1.165) is 0 Å². The molecule has 0 unspecified atom stereocenters. The van der Waals surface area contributed by atoms with Crippen LogP contribution in [0.15, 0.2) is 34.8 Å². The molecule has 104 valence electrons. The standard InChI is InChI=1S/C14H7BrClFN4/c15-9-4-8(17)5-10(16)13(9)21-11-3-1-2-7(6-18)12(11)20-14(21)19/h1-5H,(H2,19,20). The van der Waals surface area contributed by atoms with Crippen LogP contribution < -0.4 is 5.73 Å². The van der Waals surface area contributed by atoms with E-state index in [9.17, 15) is 4.39 Å². The topological polar surface area (TPSA) is 67.6 Å². The van der Waals surface area contributed by atoms with E-state index < -0.39 is 5.82 Å². The van der Waals surface area contributed by atoms with Crippen molar-refractivity contribution < 1.29 is 4.39 Å². The average Bonchev–Trinajstić information content (AvgIpc) is 2.74. The maximum atomic E-state index is 13.4. The second-order valence-electron chi connectivity index (χ2n) is 4.31. The van der Waals surface area contributed by atoms with Crippen molar-refractivity contribution in [3.8, 4) is 11.8 Å². The third-order valence-corrected chi connectivity index (χ3v) is 3.93. The van der Waals surface area contributed by atoms with Gasteiger partial charge in [0.25, 0.3) is 0 Å². The first kappa shape index (κ1) is 13.9. The number of nitrogen functional groups attached to an aromatic ring is 1. The van der Waals surface area contributed by atoms with Gasteiger partial charge in [-0.1, -0.05) is 17.7 Å². The first-order valence-electron chi connectivity index (χ1n) is 5.85. The molecule has 0 spiro atoms. The highest BCUT2D eigenvalue weighted by atomic mass is 79.9. The van der Waals surface area contributed by atoms with Gasteiger partial charge in [0, 0.05) is 4.47 Å². The summed E-state index contributed by atoms with van der Waals surface area (Å²) in [4.78, 5) is 4.21. The summed E-state index contributed by atoms with van der Waals surface area (Å²) in [6, 6.07) is 9.70. The quantitative estimate of drug-likeness (QED) is 0.708. The molecule has 0 aliphatic carbocycles. The number of hydrogen-bond donors (Lipinski definition) is 1. The van der Waals surface area contributed by atoms with Crippen LogP contribution >= 0.6 is 27.5 Å². The third-order valence-electron chi connectivity index (χ3n) is 3.04. The summed E-state index contributed by atoms with van der Waals surface area (Å²) in [5.41, 5.74) is 7.95. The van der Waals surface area contributed by atoms with Crippen molar-refractivity contribution in [1.82, 2.24) is 9.55 Å². The van der Waals surface area contributed by atoms with E-state index in [1.165, 1.54) is 12.1 Å². The number of imidazole rings is 1. The Morgan fingerprint density at radius 1 is 1.38 bits per heavy atom. The highest BCUT2D eigenvalue weighted by molar-refractivity contribution is 9.10. The molecule has 0 saturated carbocycles. The number of rotatable bonds is 1. The van der Waals surface area contributed by atoms with E-state index in [1.54, 1.807) is 22.8 Å². The first-order valence-corrected chi connectivity index (χ1v) is 7.02. The monoisotopic (exact) mass is 364 g/mol. The van der Waals surface area contributed by atoms with Gasteiger partial charge in [-0.25, -0.2) is 9.37 Å². The first-order chi connectivity index (χ1) is 10.0. The van der Waals surface area contributed by atoms with E-state index in [-0.39, 0.29) is 11.0 Å². The van der Waals surface area contributed by atoms with Crippen LogP contribution in [0.3, 0.4) is 0 Å². The fourth-order valence-corrected chi connectivity index (χ4v) is 3.20. The average molecular weight is 366 g/mol. The summed E-state index contributed by atoms with van der Waals surface area (Å²) in [5.74, 6) is -0.293. The number of fused-ring (bicyclic) bond motifs is 1. The van der Waals surface area contributed by atoms with Gasteiger partial charge in [-0.2, -0.15) is 5.26 Å². The van der Waals surface area contributed by atoms with Crippen molar-refractivity contribution in [3.63, 3.8) is 0 Å². The molecule has 2 N–H and O–H groups in total. The molecule has 3 rings (SSSR count). The van der Waals surface area contributed by atoms with Gasteiger partial charge in [0.1, 0.15) is 17.4 Å². The highest BCUT2D eigenvalue weighted by Crippen LogP contribution is 2.35. The predicted molar refractivity (Wildman–Crippen MR) is 82.9 cm³/mol. The van der Waals surface area contributed by atoms with Crippen molar-refractivity contribution in [1.29, 1.82) is 5.26 Å². The van der Waals surface area contributed by atoms with Gasteiger partial charge in [0.05, 0.1) is 21.8 Å². The molecular weight excluding hydrogens is 359 g/mol. The van der Waals surface area contributed by atoms with E-state index in [4.69, 9.17) is 22.6 Å². The van der Waals surface area contributed by atoms with Crippen LogP contribution in [0.2, 0.25) is 5.02 Å². The van der Waals surface area contributed by atoms with Crippen molar-refractivity contribution in [2.45, 2.75) is 0 Å². The van der Waals surface area contributed by atoms with Crippen molar-refractivity contribution in [2.24, 2.45) is 0 Å². The van der Waals surface area contributed by atoms with Crippen molar-refractivity contribution in [2.75, 3.05) is 5.73 Å². The van der Waals surface area contributed by atoms with Crippen LogP contribution in [-0.2, 0) is 0 Å². The number of nitriles is 1. The number of halogens is 3. The minimum absolute atomic E-state index is 0.168. The number of para-hydroxylation sites is 1. The number of benzene rings is 2. The second kappa shape index (κ2) is 5.02. The molecule has 0 radical (unpaired) electrons. The Kier molecular flexibility index (Phi) is 3.32. The van der Waals surface area contributed by atoms with Gasteiger partial charge >= 0.3 is 0 Å². The van der Waals surface area contributed by atoms with Crippen molar-refractivity contribution >= 4 is 44.5 Å². The lowest BCUT2D eigenvalue weighted by Gasteiger charge is -2.11. The van der Waals surface area contributed by atoms with Crippen LogP contribution in [-0.4, -0.2) is 9.55 Å². The lowest BCUT2D eigenvalue weighted by Crippen LogP contribution is -2.02. The fraction of sp³-hybridized carbons (Fsp3) is 0. The molecule has 0 saturated heterocycles. The lowest BCUT2D eigenvalue weighted by molar-refractivity contribution is 0.626. The second-order valence-corrected chi connectivity index (χ2v) is 5.57. The zero-order valence-corrected chi connectivity index (χ0v) is 12.8. The van der Waals surface area contributed by atoms with Gasteiger partial charge in [-0.3, -0.25) is 4.57 Å². The molecule has 0 amide bonds. The third kappa shape index (κ3) is 2.15. The molecule has 0 bridgehead atoms. The molecule has 0 atom stereocenters. The van der Waals surface area contributed by atoms with E-state index in [1.807, 2.05) is 0 Å². The Morgan fingerprint density at radius 3 is 2.81 bits per heavy atom. The Hall–Kier alpha value is -2.10. The number of aromatic nitrogens is 2. The predicted octanol–water partition coefficient (Wildman–Crippen LogP) is 4.03. The number of anilines is 1. The van der Waals surface area contributed by atoms with Crippen LogP contribution in [0.25, 0.3) is 16.7 Å². The van der Waals surface area contributed by atoms with E-state index >= 15 is 0 Å². The summed E-state index contributed by atoms with van der Waals surface area (Å²) in [6.45, 7) is 0. The Balaban J connectivity index is 2.42. The maximum Gasteiger partial charge on any atom is 0.206 e. The molecule has 7 heteroatoms. The Bertz CT molecular complexity index is 890. The normalized spacial score (nSPS) is 10.8. The number of nitrogens with two attached hydrogens (primary N) is 1. The smallest absolute Gasteiger partial charge is 0.206 e. The lowest BCUT2D eigenvalue weighted by atomic mass is 10.2. The van der Waals surface area contributed by atoms with Gasteiger partial charge in [-0.15, -0.1) is 0 Å². The van der Waals surface area contributed by atoms with E-state index in [0.29, 0.717) is 26.8 Å². The maximum absolute atomic E-state index is 13.4. The summed E-state index contributed by atoms with van der Waals surface area (Å²) >= 11 is 9.41. The molecule has 21 heavy (non-hydrogen) atoms. The molecular formula is C14H7BrClFN4. The largest absolute Gasteiger partial charge is 0.369 e. The van der Waals surface area contributed by atoms with Crippen LogP contribution in [0.1, 0.15) is 5.56 Å². The van der Waals surface area contributed by atoms with Crippen molar-refractivity contribution in [3.05, 3.63) is 51.2 Å². The molecule has 1 aromatic heterocycles. The summed E-state index contributed by atoms with van der Waals surface area (Å²) in [7, 11) is 0. The zero-order valence-electron chi connectivity index (χ0n) is 10.4. The minimum atomic E-state index is -0.462. The molecule has 1 heterocycles. The fourth-order valence-electron chi connectivity index (χ4n) is 2.19. The SMILES string of the molecule is N#Cc1cccc2c1nc(N)n2-c1c(Cl)cc(F)cc1Br. The highest BCUT2D eigenvalue weighted by Gasteiger charge is 2.18. The molecule has 0 fully saturated rings. The molecule has 4 nitrogen and oxygen atoms in total. The molecule has 3 aromatic rings. The number of nitrogens with zero attached hydrogens (tertiary/aromatic N) is 3. The minimum Gasteiger partial charge on any atom is -0.369 e. The summed E-state index contributed by atoms with van der Waals surface area (Å²) in [6.07, 6.45) is 0.